The van der Waals surface area contributed by atoms with Crippen LogP contribution in [0.25, 0.3) is 0 Å². The Kier molecular flexibility index (Phi) is 6.27. The third-order valence-electron chi connectivity index (χ3n) is 3.44. The number of thioether (sulfide) groups is 1. The van der Waals surface area contributed by atoms with Gasteiger partial charge in [-0.25, -0.2) is 0 Å². The fourth-order valence-electron chi connectivity index (χ4n) is 2.32. The molecule has 1 aromatic heterocycles. The van der Waals surface area contributed by atoms with E-state index in [0.29, 0.717) is 12.0 Å². The molecule has 3 heteroatoms. The number of hydrogen-bond acceptors (Lipinski definition) is 3. The van der Waals surface area contributed by atoms with Gasteiger partial charge in [0, 0.05) is 29.1 Å². The van der Waals surface area contributed by atoms with E-state index in [1.165, 1.54) is 16.0 Å². The molecule has 0 spiro atoms. The maximum absolute atomic E-state index is 4.06. The molecule has 2 rings (SSSR count). The summed E-state index contributed by atoms with van der Waals surface area (Å²) in [5.74, 6) is 1.72. The summed E-state index contributed by atoms with van der Waals surface area (Å²) < 4.78 is 0. The predicted octanol–water partition coefficient (Wildman–Crippen LogP) is 4.33. The highest BCUT2D eigenvalue weighted by atomic mass is 32.2. The van der Waals surface area contributed by atoms with Crippen LogP contribution in [0.4, 0.5) is 0 Å². The third kappa shape index (κ3) is 5.18. The zero-order chi connectivity index (χ0) is 15.1. The van der Waals surface area contributed by atoms with Crippen molar-refractivity contribution < 1.29 is 0 Å². The molecule has 0 bridgehead atoms. The van der Waals surface area contributed by atoms with Crippen molar-refractivity contribution in [1.29, 1.82) is 0 Å². The lowest BCUT2D eigenvalue weighted by Crippen LogP contribution is -2.18. The van der Waals surface area contributed by atoms with E-state index in [-0.39, 0.29) is 0 Å². The molecule has 1 atom stereocenters. The summed E-state index contributed by atoms with van der Waals surface area (Å²) in [6.45, 7) is 4.52. The van der Waals surface area contributed by atoms with Gasteiger partial charge in [-0.15, -0.1) is 11.8 Å². The molecule has 2 aromatic rings. The molecule has 0 radical (unpaired) electrons. The smallest absolute Gasteiger partial charge is 0.0412 e. The Hall–Kier alpha value is -1.32. The molecule has 0 aliphatic rings. The number of hydrogen-bond donors (Lipinski definition) is 1. The molecule has 21 heavy (non-hydrogen) atoms. The summed E-state index contributed by atoms with van der Waals surface area (Å²) in [5.41, 5.74) is 2.77. The molecule has 0 fully saturated rings. The first-order valence-electron chi connectivity index (χ1n) is 7.48. The Morgan fingerprint density at radius 2 is 1.71 bits per heavy atom. The predicted molar refractivity (Wildman–Crippen MR) is 91.7 cm³/mol. The topological polar surface area (TPSA) is 24.9 Å². The fourth-order valence-corrected chi connectivity index (χ4v) is 3.35. The second-order valence-electron chi connectivity index (χ2n) is 5.67. The van der Waals surface area contributed by atoms with Crippen molar-refractivity contribution in [3.05, 3.63) is 59.9 Å². The Bertz CT molecular complexity index is 523. The minimum absolute atomic E-state index is 0.372. The number of nitrogens with zero attached hydrogens (tertiary/aromatic N) is 1. The SMILES string of the molecule is CNC(CSc1ccncc1)c1ccc(CC(C)C)cc1. The van der Waals surface area contributed by atoms with Gasteiger partial charge in [0.1, 0.15) is 0 Å². The zero-order valence-electron chi connectivity index (χ0n) is 13.0. The van der Waals surface area contributed by atoms with Crippen LogP contribution >= 0.6 is 11.8 Å². The summed E-state index contributed by atoms with van der Waals surface area (Å²) in [7, 11) is 2.03. The minimum Gasteiger partial charge on any atom is -0.312 e. The monoisotopic (exact) mass is 300 g/mol. The first-order valence-corrected chi connectivity index (χ1v) is 8.46. The van der Waals surface area contributed by atoms with Gasteiger partial charge in [-0.05, 0) is 42.6 Å². The summed E-state index contributed by atoms with van der Waals surface area (Å²) in [6.07, 6.45) is 4.84. The maximum Gasteiger partial charge on any atom is 0.0412 e. The van der Waals surface area contributed by atoms with Crippen LogP contribution in [0.3, 0.4) is 0 Å². The summed E-state index contributed by atoms with van der Waals surface area (Å²) in [5, 5.41) is 3.41. The lowest BCUT2D eigenvalue weighted by molar-refractivity contribution is 0.643. The highest BCUT2D eigenvalue weighted by molar-refractivity contribution is 7.99. The van der Waals surface area contributed by atoms with E-state index in [4.69, 9.17) is 0 Å². The quantitative estimate of drug-likeness (QED) is 0.770. The van der Waals surface area contributed by atoms with E-state index in [0.717, 1.165) is 12.2 Å². The molecular weight excluding hydrogens is 276 g/mol. The van der Waals surface area contributed by atoms with E-state index in [1.807, 2.05) is 31.2 Å². The summed E-state index contributed by atoms with van der Waals surface area (Å²) in [4.78, 5) is 5.32. The van der Waals surface area contributed by atoms with Crippen molar-refractivity contribution in [2.45, 2.75) is 31.2 Å². The van der Waals surface area contributed by atoms with E-state index in [1.54, 1.807) is 0 Å². The van der Waals surface area contributed by atoms with Crippen molar-refractivity contribution in [2.75, 3.05) is 12.8 Å². The Morgan fingerprint density at radius 3 is 2.29 bits per heavy atom. The molecule has 1 N–H and O–H groups in total. The highest BCUT2D eigenvalue weighted by Crippen LogP contribution is 2.24. The number of aromatic nitrogens is 1. The first kappa shape index (κ1) is 16.1. The van der Waals surface area contributed by atoms with Crippen LogP contribution in [0.2, 0.25) is 0 Å². The molecule has 1 unspecified atom stereocenters. The molecule has 0 saturated carbocycles. The van der Waals surface area contributed by atoms with Crippen molar-refractivity contribution >= 4 is 11.8 Å². The van der Waals surface area contributed by atoms with Crippen LogP contribution in [0, 0.1) is 5.92 Å². The minimum atomic E-state index is 0.372. The van der Waals surface area contributed by atoms with E-state index < -0.39 is 0 Å². The fraction of sp³-hybridized carbons (Fsp3) is 0.389. The van der Waals surface area contributed by atoms with Crippen molar-refractivity contribution in [3.63, 3.8) is 0 Å². The molecule has 0 aliphatic heterocycles. The number of rotatable bonds is 7. The lowest BCUT2D eigenvalue weighted by Gasteiger charge is -2.17. The van der Waals surface area contributed by atoms with E-state index >= 15 is 0 Å². The van der Waals surface area contributed by atoms with Gasteiger partial charge in [0.05, 0.1) is 0 Å². The third-order valence-corrected chi connectivity index (χ3v) is 4.55. The van der Waals surface area contributed by atoms with Crippen molar-refractivity contribution in [2.24, 2.45) is 5.92 Å². The molecule has 0 saturated heterocycles. The Balaban J connectivity index is 1.97. The standard InChI is InChI=1S/C18H24N2S/c1-14(2)12-15-4-6-16(7-5-15)18(19-3)13-21-17-8-10-20-11-9-17/h4-11,14,18-19H,12-13H2,1-3H3. The molecule has 112 valence electrons. The molecule has 1 aromatic carbocycles. The lowest BCUT2D eigenvalue weighted by atomic mass is 10.00. The molecule has 2 nitrogen and oxygen atoms in total. The number of nitrogens with one attached hydrogen (secondary N) is 1. The van der Waals surface area contributed by atoms with Crippen LogP contribution in [0.5, 0.6) is 0 Å². The van der Waals surface area contributed by atoms with Gasteiger partial charge in [-0.1, -0.05) is 38.1 Å². The average Bonchev–Trinajstić information content (AvgIpc) is 2.50. The average molecular weight is 300 g/mol. The largest absolute Gasteiger partial charge is 0.312 e. The van der Waals surface area contributed by atoms with Gasteiger partial charge in [0.2, 0.25) is 0 Å². The van der Waals surface area contributed by atoms with Crippen LogP contribution in [-0.4, -0.2) is 17.8 Å². The van der Waals surface area contributed by atoms with Gasteiger partial charge in [0.25, 0.3) is 0 Å². The highest BCUT2D eigenvalue weighted by Gasteiger charge is 2.10. The van der Waals surface area contributed by atoms with Crippen LogP contribution in [-0.2, 0) is 6.42 Å². The van der Waals surface area contributed by atoms with Gasteiger partial charge in [-0.3, -0.25) is 4.98 Å². The van der Waals surface area contributed by atoms with E-state index in [9.17, 15) is 0 Å². The second kappa shape index (κ2) is 8.20. The maximum atomic E-state index is 4.06. The van der Waals surface area contributed by atoms with Crippen LogP contribution in [0.1, 0.15) is 31.0 Å². The zero-order valence-corrected chi connectivity index (χ0v) is 13.9. The van der Waals surface area contributed by atoms with Crippen molar-refractivity contribution in [3.8, 4) is 0 Å². The second-order valence-corrected chi connectivity index (χ2v) is 6.77. The van der Waals surface area contributed by atoms with Gasteiger partial charge >= 0.3 is 0 Å². The normalized spacial score (nSPS) is 12.6. The van der Waals surface area contributed by atoms with E-state index in [2.05, 4.69) is 60.5 Å². The number of benzene rings is 1. The molecular formula is C18H24N2S. The molecule has 0 amide bonds. The van der Waals surface area contributed by atoms with Crippen LogP contribution < -0.4 is 5.32 Å². The Morgan fingerprint density at radius 1 is 1.05 bits per heavy atom. The molecule has 1 heterocycles. The Labute approximate surface area is 132 Å². The van der Waals surface area contributed by atoms with Gasteiger partial charge in [-0.2, -0.15) is 0 Å². The number of pyridine rings is 1. The van der Waals surface area contributed by atoms with Gasteiger partial charge < -0.3 is 5.32 Å². The van der Waals surface area contributed by atoms with Crippen molar-refractivity contribution in [1.82, 2.24) is 10.3 Å². The van der Waals surface area contributed by atoms with Gasteiger partial charge in [0.15, 0.2) is 0 Å². The summed E-state index contributed by atoms with van der Waals surface area (Å²) >= 11 is 1.86. The molecule has 0 aliphatic carbocycles. The first-order chi connectivity index (χ1) is 10.2. The van der Waals surface area contributed by atoms with Crippen LogP contribution in [0.15, 0.2) is 53.7 Å². The summed E-state index contributed by atoms with van der Waals surface area (Å²) in [6, 6.07) is 13.5.